The standard InChI is InChI=1S/C5H11.2C4H9.C3H3O2.Sn/c1-3-5-4-2;2*1-3-4-2;1-2-3(4)5;/h3H,4-5H2,1-2H3;2*1,3-4H2,2H3;1H2,(H,4,5);. The SMILES string of the molecule is C=[C](C(=O)O)[Sn]([CH2]CCC)([CH2]CCC)[CH](C)CCC. The number of carboxylic acid groups (broad SMARTS) is 1. The fraction of sp³-hybridized carbons (Fsp3) is 0.812. The monoisotopic (exact) mass is 376 g/mol. The molecule has 0 fully saturated rings. The molecule has 1 unspecified atom stereocenters. The zero-order chi connectivity index (χ0) is 14.9. The minimum absolute atomic E-state index is 0.612. The second kappa shape index (κ2) is 9.84. The molecule has 0 rings (SSSR count). The van der Waals surface area contributed by atoms with E-state index >= 15 is 0 Å². The van der Waals surface area contributed by atoms with Gasteiger partial charge in [-0.2, -0.15) is 0 Å². The van der Waals surface area contributed by atoms with Gasteiger partial charge in [0, 0.05) is 0 Å². The third kappa shape index (κ3) is 5.48. The molecule has 0 heterocycles. The van der Waals surface area contributed by atoms with Gasteiger partial charge in [-0.3, -0.25) is 0 Å². The van der Waals surface area contributed by atoms with Gasteiger partial charge in [0.2, 0.25) is 0 Å². The molecule has 0 radical (unpaired) electrons. The molecule has 0 amide bonds. The van der Waals surface area contributed by atoms with E-state index in [1.165, 1.54) is 28.1 Å². The molecular formula is C16H32O2Sn. The summed E-state index contributed by atoms with van der Waals surface area (Å²) in [5.41, 5.74) is 0. The first-order chi connectivity index (χ1) is 8.96. The number of aliphatic carboxylic acids is 1. The van der Waals surface area contributed by atoms with Gasteiger partial charge < -0.3 is 0 Å². The molecule has 0 aromatic heterocycles. The zero-order valence-electron chi connectivity index (χ0n) is 13.3. The number of hydrogen-bond acceptors (Lipinski definition) is 1. The van der Waals surface area contributed by atoms with Crippen molar-refractivity contribution in [3.05, 3.63) is 10.2 Å². The summed E-state index contributed by atoms with van der Waals surface area (Å²) < 4.78 is 3.62. The molecular weight excluding hydrogens is 343 g/mol. The number of hydrogen-bond donors (Lipinski definition) is 1. The Labute approximate surface area is 123 Å². The van der Waals surface area contributed by atoms with E-state index in [4.69, 9.17) is 0 Å². The summed E-state index contributed by atoms with van der Waals surface area (Å²) in [6.45, 7) is 12.9. The molecule has 1 atom stereocenters. The van der Waals surface area contributed by atoms with Crippen LogP contribution in [0.3, 0.4) is 0 Å². The second-order valence-corrected chi connectivity index (χ2v) is 19.8. The van der Waals surface area contributed by atoms with Crippen LogP contribution >= 0.6 is 0 Å². The molecule has 19 heavy (non-hydrogen) atoms. The molecule has 3 heteroatoms. The van der Waals surface area contributed by atoms with Gasteiger partial charge in [0.15, 0.2) is 0 Å². The molecule has 0 aliphatic carbocycles. The number of unbranched alkanes of at least 4 members (excludes halogenated alkanes) is 2. The summed E-state index contributed by atoms with van der Waals surface area (Å²) in [4.78, 5) is 11.5. The van der Waals surface area contributed by atoms with Crippen molar-refractivity contribution in [1.29, 1.82) is 0 Å². The zero-order valence-corrected chi connectivity index (χ0v) is 16.2. The quantitative estimate of drug-likeness (QED) is 0.388. The molecule has 0 saturated carbocycles. The van der Waals surface area contributed by atoms with Crippen LogP contribution in [0.2, 0.25) is 12.8 Å². The molecule has 0 aliphatic rings. The van der Waals surface area contributed by atoms with E-state index in [1.807, 2.05) is 0 Å². The average Bonchev–Trinajstić information content (AvgIpc) is 2.38. The van der Waals surface area contributed by atoms with Gasteiger partial charge in [-0.05, 0) is 0 Å². The third-order valence-electron chi connectivity index (χ3n) is 4.48. The second-order valence-electron chi connectivity index (χ2n) is 5.84. The predicted molar refractivity (Wildman–Crippen MR) is 86.3 cm³/mol. The Bertz CT molecular complexity index is 278. The Kier molecular flexibility index (Phi) is 9.85. The van der Waals surface area contributed by atoms with E-state index < -0.39 is 24.3 Å². The van der Waals surface area contributed by atoms with Crippen molar-refractivity contribution in [2.24, 2.45) is 0 Å². The molecule has 112 valence electrons. The molecule has 0 aromatic carbocycles. The van der Waals surface area contributed by atoms with Crippen molar-refractivity contribution in [2.75, 3.05) is 0 Å². The van der Waals surface area contributed by atoms with Crippen molar-refractivity contribution in [1.82, 2.24) is 0 Å². The molecule has 0 saturated heterocycles. The summed E-state index contributed by atoms with van der Waals surface area (Å²) in [6.07, 6.45) is 7.02. The van der Waals surface area contributed by atoms with Crippen molar-refractivity contribution >= 4 is 24.3 Å². The predicted octanol–water partition coefficient (Wildman–Crippen LogP) is 5.41. The minimum atomic E-state index is -2.80. The Hall–Kier alpha value is 0.00870. The summed E-state index contributed by atoms with van der Waals surface area (Å²) in [5.74, 6) is -0.717. The molecule has 0 bridgehead atoms. The van der Waals surface area contributed by atoms with Gasteiger partial charge in [-0.15, -0.1) is 0 Å². The Balaban J connectivity index is 5.28. The first-order valence-electron chi connectivity index (χ1n) is 7.88. The van der Waals surface area contributed by atoms with Gasteiger partial charge in [0.05, 0.1) is 0 Å². The van der Waals surface area contributed by atoms with Crippen LogP contribution in [0.15, 0.2) is 10.2 Å². The molecule has 0 aromatic rings. The summed E-state index contributed by atoms with van der Waals surface area (Å²) in [6, 6.07) is 0. The van der Waals surface area contributed by atoms with Crippen molar-refractivity contribution < 1.29 is 9.90 Å². The van der Waals surface area contributed by atoms with E-state index in [0.29, 0.717) is 7.52 Å². The van der Waals surface area contributed by atoms with E-state index in [2.05, 4.69) is 34.3 Å². The third-order valence-corrected chi connectivity index (χ3v) is 21.8. The van der Waals surface area contributed by atoms with Gasteiger partial charge in [0.25, 0.3) is 0 Å². The number of rotatable bonds is 11. The summed E-state index contributed by atoms with van der Waals surface area (Å²) in [5, 5.41) is 9.49. The van der Waals surface area contributed by atoms with Crippen LogP contribution in [0.1, 0.15) is 66.2 Å². The van der Waals surface area contributed by atoms with Crippen LogP contribution in [-0.2, 0) is 4.79 Å². The number of carbonyl (C=O) groups is 1. The summed E-state index contributed by atoms with van der Waals surface area (Å²) in [7, 11) is 0. The van der Waals surface area contributed by atoms with Crippen LogP contribution in [0.5, 0.6) is 0 Å². The van der Waals surface area contributed by atoms with E-state index in [0.717, 1.165) is 19.3 Å². The van der Waals surface area contributed by atoms with Gasteiger partial charge in [0.1, 0.15) is 0 Å². The number of carboxylic acids is 1. The fourth-order valence-electron chi connectivity index (χ4n) is 3.12. The topological polar surface area (TPSA) is 37.3 Å². The first kappa shape index (κ1) is 19.0. The van der Waals surface area contributed by atoms with Crippen LogP contribution in [-0.4, -0.2) is 29.5 Å². The Morgan fingerprint density at radius 3 is 1.89 bits per heavy atom. The van der Waals surface area contributed by atoms with Crippen molar-refractivity contribution in [3.8, 4) is 0 Å². The van der Waals surface area contributed by atoms with Crippen LogP contribution in [0.25, 0.3) is 0 Å². The van der Waals surface area contributed by atoms with Crippen LogP contribution in [0.4, 0.5) is 0 Å². The maximum absolute atomic E-state index is 11.5. The van der Waals surface area contributed by atoms with Crippen molar-refractivity contribution in [2.45, 2.75) is 79.0 Å². The molecule has 0 spiro atoms. The van der Waals surface area contributed by atoms with Gasteiger partial charge >= 0.3 is 123 Å². The Morgan fingerprint density at radius 1 is 1.11 bits per heavy atom. The molecule has 2 nitrogen and oxygen atoms in total. The van der Waals surface area contributed by atoms with Gasteiger partial charge in [-0.1, -0.05) is 0 Å². The fourth-order valence-corrected chi connectivity index (χ4v) is 19.3. The van der Waals surface area contributed by atoms with E-state index in [-0.39, 0.29) is 0 Å². The Morgan fingerprint density at radius 2 is 1.58 bits per heavy atom. The van der Waals surface area contributed by atoms with Crippen LogP contribution in [0, 0.1) is 0 Å². The van der Waals surface area contributed by atoms with Crippen molar-refractivity contribution in [3.63, 3.8) is 0 Å². The van der Waals surface area contributed by atoms with E-state index in [9.17, 15) is 9.90 Å². The average molecular weight is 375 g/mol. The van der Waals surface area contributed by atoms with E-state index in [1.54, 1.807) is 0 Å². The summed E-state index contributed by atoms with van der Waals surface area (Å²) >= 11 is -2.80. The molecule has 0 aliphatic heterocycles. The first-order valence-corrected chi connectivity index (χ1v) is 15.0. The molecule has 1 N–H and O–H groups in total. The van der Waals surface area contributed by atoms with Crippen LogP contribution < -0.4 is 0 Å². The normalized spacial score (nSPS) is 13.3. The maximum atomic E-state index is 11.5. The van der Waals surface area contributed by atoms with Gasteiger partial charge in [-0.25, -0.2) is 0 Å².